The molecule has 2 aliphatic rings. The van der Waals surface area contributed by atoms with E-state index in [0.717, 1.165) is 11.6 Å². The Morgan fingerprint density at radius 3 is 2.66 bits per heavy atom. The van der Waals surface area contributed by atoms with E-state index in [9.17, 15) is 18.8 Å². The van der Waals surface area contributed by atoms with Crippen LogP contribution < -0.4 is 5.32 Å². The van der Waals surface area contributed by atoms with Crippen LogP contribution in [0.4, 0.5) is 9.18 Å². The monoisotopic (exact) mass is 415 g/mol. The summed E-state index contributed by atoms with van der Waals surface area (Å²) in [7, 11) is 0. The van der Waals surface area contributed by atoms with Gasteiger partial charge in [-0.05, 0) is 36.6 Å². The number of nitrogens with zero attached hydrogens (tertiary/aromatic N) is 2. The Bertz CT molecular complexity index is 984. The molecule has 2 heterocycles. The summed E-state index contributed by atoms with van der Waals surface area (Å²) in [6.45, 7) is 0.683. The van der Waals surface area contributed by atoms with Gasteiger partial charge >= 0.3 is 6.03 Å². The maximum atomic E-state index is 13.4. The minimum Gasteiger partial charge on any atom is -0.336 e. The van der Waals surface area contributed by atoms with Crippen LogP contribution in [0.2, 0.25) is 5.02 Å². The van der Waals surface area contributed by atoms with E-state index in [1.165, 1.54) is 21.9 Å². The zero-order chi connectivity index (χ0) is 20.6. The molecule has 4 amide bonds. The lowest BCUT2D eigenvalue weighted by atomic mass is 9.88. The number of urea groups is 1. The van der Waals surface area contributed by atoms with Crippen LogP contribution in [0.25, 0.3) is 0 Å². The molecule has 2 aromatic rings. The fourth-order valence-corrected chi connectivity index (χ4v) is 4.08. The Hall–Kier alpha value is -2.93. The van der Waals surface area contributed by atoms with Crippen molar-refractivity contribution in [2.24, 2.45) is 0 Å². The van der Waals surface area contributed by atoms with Crippen LogP contribution in [0.1, 0.15) is 28.8 Å². The number of carbonyl (C=O) groups excluding carboxylic acids is 3. The van der Waals surface area contributed by atoms with Crippen molar-refractivity contribution in [3.63, 3.8) is 0 Å². The van der Waals surface area contributed by atoms with E-state index in [1.54, 1.807) is 0 Å². The molecule has 0 aliphatic carbocycles. The molecule has 1 spiro atoms. The molecule has 1 unspecified atom stereocenters. The fourth-order valence-electron chi connectivity index (χ4n) is 3.90. The quantitative estimate of drug-likeness (QED) is 0.782. The number of halogens is 2. The van der Waals surface area contributed by atoms with E-state index >= 15 is 0 Å². The molecule has 8 heteroatoms. The third-order valence-corrected chi connectivity index (χ3v) is 5.67. The van der Waals surface area contributed by atoms with Crippen LogP contribution in [-0.4, -0.2) is 46.3 Å². The minimum atomic E-state index is -1.14. The molecule has 1 atom stereocenters. The number of imide groups is 1. The minimum absolute atomic E-state index is 0.0662. The molecule has 0 radical (unpaired) electrons. The van der Waals surface area contributed by atoms with Gasteiger partial charge in [0.1, 0.15) is 11.4 Å². The molecule has 29 heavy (non-hydrogen) atoms. The highest BCUT2D eigenvalue weighted by Gasteiger charge is 2.53. The molecule has 0 aromatic heterocycles. The Balaban J connectivity index is 1.53. The Morgan fingerprint density at radius 2 is 1.93 bits per heavy atom. The van der Waals surface area contributed by atoms with Crippen molar-refractivity contribution in [2.45, 2.75) is 24.9 Å². The average Bonchev–Trinajstić information content (AvgIpc) is 2.94. The van der Waals surface area contributed by atoms with Gasteiger partial charge in [-0.3, -0.25) is 14.5 Å². The van der Waals surface area contributed by atoms with E-state index in [1.807, 2.05) is 30.3 Å². The van der Waals surface area contributed by atoms with E-state index in [4.69, 9.17) is 11.6 Å². The summed E-state index contributed by atoms with van der Waals surface area (Å²) in [6, 6.07) is 12.6. The lowest BCUT2D eigenvalue weighted by Gasteiger charge is -2.38. The first-order valence-corrected chi connectivity index (χ1v) is 9.70. The van der Waals surface area contributed by atoms with Crippen LogP contribution in [0, 0.1) is 5.82 Å². The van der Waals surface area contributed by atoms with Crippen molar-refractivity contribution < 1.29 is 18.8 Å². The molecule has 1 N–H and O–H groups in total. The van der Waals surface area contributed by atoms with Crippen LogP contribution in [0.3, 0.4) is 0 Å². The van der Waals surface area contributed by atoms with E-state index < -0.39 is 17.4 Å². The second-order valence-electron chi connectivity index (χ2n) is 7.35. The molecule has 0 saturated carbocycles. The average molecular weight is 416 g/mol. The molecule has 150 valence electrons. The first-order chi connectivity index (χ1) is 13.9. The standard InChI is InChI=1S/C21H19ClFN3O3/c22-16-11-15(7-8-17(16)23)18(27)25-10-4-9-21(13-25)19(28)26(20(29)24-21)12-14-5-2-1-3-6-14/h1-3,5-8,11H,4,9-10,12-13H2,(H,24,29). The highest BCUT2D eigenvalue weighted by Crippen LogP contribution is 2.30. The Morgan fingerprint density at radius 1 is 1.17 bits per heavy atom. The second kappa shape index (κ2) is 7.48. The normalized spacial score (nSPS) is 21.6. The lowest BCUT2D eigenvalue weighted by Crippen LogP contribution is -2.59. The van der Waals surface area contributed by atoms with Gasteiger partial charge in [0.2, 0.25) is 0 Å². The summed E-state index contributed by atoms with van der Waals surface area (Å²) >= 11 is 5.79. The van der Waals surface area contributed by atoms with Crippen molar-refractivity contribution in [1.82, 2.24) is 15.1 Å². The maximum Gasteiger partial charge on any atom is 0.325 e. The molecule has 6 nitrogen and oxygen atoms in total. The largest absolute Gasteiger partial charge is 0.336 e. The zero-order valence-electron chi connectivity index (χ0n) is 15.5. The van der Waals surface area contributed by atoms with Crippen molar-refractivity contribution in [3.8, 4) is 0 Å². The molecule has 2 fully saturated rings. The topological polar surface area (TPSA) is 69.7 Å². The number of nitrogens with one attached hydrogen (secondary N) is 1. The number of rotatable bonds is 3. The number of piperidine rings is 1. The summed E-state index contributed by atoms with van der Waals surface area (Å²) in [6.07, 6.45) is 1.02. The van der Waals surface area contributed by atoms with Gasteiger partial charge in [0.25, 0.3) is 11.8 Å². The second-order valence-corrected chi connectivity index (χ2v) is 7.76. The predicted molar refractivity (Wildman–Crippen MR) is 105 cm³/mol. The molecule has 2 aromatic carbocycles. The number of likely N-dealkylation sites (tertiary alicyclic amines) is 1. The van der Waals surface area contributed by atoms with Crippen LogP contribution in [0.15, 0.2) is 48.5 Å². The lowest BCUT2D eigenvalue weighted by molar-refractivity contribution is -0.133. The highest BCUT2D eigenvalue weighted by molar-refractivity contribution is 6.31. The first kappa shape index (κ1) is 19.4. The molecule has 2 saturated heterocycles. The highest BCUT2D eigenvalue weighted by atomic mass is 35.5. The van der Waals surface area contributed by atoms with Gasteiger partial charge in [0, 0.05) is 12.1 Å². The van der Waals surface area contributed by atoms with Crippen LogP contribution in [-0.2, 0) is 11.3 Å². The number of hydrogen-bond donors (Lipinski definition) is 1. The molecule has 0 bridgehead atoms. The van der Waals surface area contributed by atoms with Crippen LogP contribution >= 0.6 is 11.6 Å². The number of hydrogen-bond acceptors (Lipinski definition) is 3. The van der Waals surface area contributed by atoms with Gasteiger partial charge in [-0.15, -0.1) is 0 Å². The number of carbonyl (C=O) groups is 3. The van der Waals surface area contributed by atoms with E-state index in [2.05, 4.69) is 5.32 Å². The van der Waals surface area contributed by atoms with Gasteiger partial charge in [-0.25, -0.2) is 9.18 Å². The maximum absolute atomic E-state index is 13.4. The summed E-state index contributed by atoms with van der Waals surface area (Å²) < 4.78 is 13.4. The van der Waals surface area contributed by atoms with Gasteiger partial charge < -0.3 is 10.2 Å². The first-order valence-electron chi connectivity index (χ1n) is 9.32. The van der Waals surface area contributed by atoms with Crippen molar-refractivity contribution >= 4 is 29.4 Å². The Kier molecular flexibility index (Phi) is 5.00. The van der Waals surface area contributed by atoms with Gasteiger partial charge in [0.05, 0.1) is 18.1 Å². The van der Waals surface area contributed by atoms with Crippen molar-refractivity contribution in [3.05, 3.63) is 70.5 Å². The van der Waals surface area contributed by atoms with E-state index in [0.29, 0.717) is 19.4 Å². The molecular formula is C21H19ClFN3O3. The SMILES string of the molecule is O=C(c1ccc(F)c(Cl)c1)N1CCCC2(C1)NC(=O)N(Cc1ccccc1)C2=O. The predicted octanol–water partition coefficient (Wildman–Crippen LogP) is 3.21. The van der Waals surface area contributed by atoms with Crippen molar-refractivity contribution in [2.75, 3.05) is 13.1 Å². The third-order valence-electron chi connectivity index (χ3n) is 5.38. The summed E-state index contributed by atoms with van der Waals surface area (Å²) in [5.41, 5.74) is -0.0482. The fraction of sp³-hybridized carbons (Fsp3) is 0.286. The molecular weight excluding hydrogens is 397 g/mol. The Labute approximate surface area is 172 Å². The van der Waals surface area contributed by atoms with E-state index in [-0.39, 0.29) is 35.5 Å². The number of benzene rings is 2. The van der Waals surface area contributed by atoms with Gasteiger partial charge in [-0.1, -0.05) is 41.9 Å². The van der Waals surface area contributed by atoms with Crippen LogP contribution in [0.5, 0.6) is 0 Å². The van der Waals surface area contributed by atoms with Gasteiger partial charge in [-0.2, -0.15) is 0 Å². The zero-order valence-corrected chi connectivity index (χ0v) is 16.3. The summed E-state index contributed by atoms with van der Waals surface area (Å²) in [5, 5.41) is 2.67. The number of amides is 4. The smallest absolute Gasteiger partial charge is 0.325 e. The summed E-state index contributed by atoms with van der Waals surface area (Å²) in [5.74, 6) is -1.29. The molecule has 4 rings (SSSR count). The summed E-state index contributed by atoms with van der Waals surface area (Å²) in [4.78, 5) is 41.2. The molecule has 2 aliphatic heterocycles. The van der Waals surface area contributed by atoms with Crippen molar-refractivity contribution in [1.29, 1.82) is 0 Å². The third kappa shape index (κ3) is 3.58. The van der Waals surface area contributed by atoms with Gasteiger partial charge in [0.15, 0.2) is 0 Å².